The zero-order chi connectivity index (χ0) is 15.5. The molecule has 0 saturated carbocycles. The van der Waals surface area contributed by atoms with Gasteiger partial charge in [0.25, 0.3) is 0 Å². The lowest BCUT2D eigenvalue weighted by molar-refractivity contribution is -0.123. The Labute approximate surface area is 129 Å². The molecule has 1 aromatic heterocycles. The van der Waals surface area contributed by atoms with Crippen molar-refractivity contribution in [1.29, 1.82) is 0 Å². The first-order chi connectivity index (χ1) is 9.94. The Morgan fingerprint density at radius 2 is 2.29 bits per heavy atom. The number of amides is 1. The summed E-state index contributed by atoms with van der Waals surface area (Å²) in [5, 5.41) is 4.03. The first kappa shape index (κ1) is 15.9. The Morgan fingerprint density at radius 3 is 2.95 bits per heavy atom. The minimum Gasteiger partial charge on any atom is -0.368 e. The maximum atomic E-state index is 11.6. The summed E-state index contributed by atoms with van der Waals surface area (Å²) >= 11 is 1.61. The van der Waals surface area contributed by atoms with Gasteiger partial charge in [0, 0.05) is 5.75 Å². The summed E-state index contributed by atoms with van der Waals surface area (Å²) in [4.78, 5) is 19.4. The molecule has 0 aliphatic carbocycles. The summed E-state index contributed by atoms with van der Waals surface area (Å²) in [6.45, 7) is 6.59. The Hall–Kier alpha value is -1.53. The number of fused-ring (bicyclic) bond motifs is 1. The van der Waals surface area contributed by atoms with Gasteiger partial charge in [-0.25, -0.2) is 4.98 Å². The van der Waals surface area contributed by atoms with Crippen LogP contribution >= 0.6 is 11.8 Å². The number of aromatic nitrogens is 2. The Balaban J connectivity index is 1.99. The molecule has 6 heteroatoms. The lowest BCUT2D eigenvalue weighted by Crippen LogP contribution is -2.53. The van der Waals surface area contributed by atoms with Crippen molar-refractivity contribution in [2.75, 3.05) is 12.3 Å². The summed E-state index contributed by atoms with van der Waals surface area (Å²) in [7, 11) is 0. The lowest BCUT2D eigenvalue weighted by Gasteiger charge is -2.26. The van der Waals surface area contributed by atoms with Crippen LogP contribution in [0.25, 0.3) is 11.0 Å². The zero-order valence-electron chi connectivity index (χ0n) is 12.7. The van der Waals surface area contributed by atoms with Crippen LogP contribution in [0, 0.1) is 6.92 Å². The number of nitrogens with one attached hydrogen (secondary N) is 2. The van der Waals surface area contributed by atoms with E-state index < -0.39 is 5.54 Å². The summed E-state index contributed by atoms with van der Waals surface area (Å²) in [5.74, 6) is 0.454. The summed E-state index contributed by atoms with van der Waals surface area (Å²) < 4.78 is 0. The molecule has 0 aliphatic rings. The van der Waals surface area contributed by atoms with Crippen LogP contribution in [0.3, 0.4) is 0 Å². The summed E-state index contributed by atoms with van der Waals surface area (Å²) in [5.41, 5.74) is 8.03. The Morgan fingerprint density at radius 1 is 1.52 bits per heavy atom. The van der Waals surface area contributed by atoms with Crippen LogP contribution in [-0.4, -0.2) is 33.7 Å². The van der Waals surface area contributed by atoms with E-state index in [0.717, 1.165) is 21.9 Å². The molecular formula is C15H22N4OS. The van der Waals surface area contributed by atoms with E-state index in [1.807, 2.05) is 26.0 Å². The van der Waals surface area contributed by atoms with Gasteiger partial charge in [-0.3, -0.25) is 4.79 Å². The van der Waals surface area contributed by atoms with Gasteiger partial charge in [-0.1, -0.05) is 24.8 Å². The Bertz CT molecular complexity index is 640. The van der Waals surface area contributed by atoms with E-state index in [4.69, 9.17) is 5.73 Å². The van der Waals surface area contributed by atoms with Gasteiger partial charge in [0.05, 0.1) is 16.6 Å². The van der Waals surface area contributed by atoms with E-state index in [1.165, 1.54) is 5.56 Å². The average molecular weight is 306 g/mol. The van der Waals surface area contributed by atoms with E-state index in [1.54, 1.807) is 11.8 Å². The van der Waals surface area contributed by atoms with Crippen LogP contribution in [0.2, 0.25) is 0 Å². The number of carbonyl (C=O) groups is 1. The largest absolute Gasteiger partial charge is 0.368 e. The van der Waals surface area contributed by atoms with Gasteiger partial charge in [0.2, 0.25) is 5.91 Å². The highest BCUT2D eigenvalue weighted by molar-refractivity contribution is 7.99. The maximum absolute atomic E-state index is 11.6. The van der Waals surface area contributed by atoms with Crippen molar-refractivity contribution < 1.29 is 4.79 Å². The molecule has 114 valence electrons. The summed E-state index contributed by atoms with van der Waals surface area (Å²) in [6, 6.07) is 6.14. The molecule has 1 atom stereocenters. The minimum atomic E-state index is -0.662. The highest BCUT2D eigenvalue weighted by Gasteiger charge is 2.29. The topological polar surface area (TPSA) is 83.8 Å². The van der Waals surface area contributed by atoms with E-state index in [-0.39, 0.29) is 5.91 Å². The van der Waals surface area contributed by atoms with Crippen LogP contribution in [0.4, 0.5) is 0 Å². The molecule has 0 fully saturated rings. The maximum Gasteiger partial charge on any atom is 0.237 e. The molecule has 21 heavy (non-hydrogen) atoms. The fourth-order valence-corrected chi connectivity index (χ4v) is 3.26. The van der Waals surface area contributed by atoms with Crippen LogP contribution in [0.5, 0.6) is 0 Å². The van der Waals surface area contributed by atoms with Crippen LogP contribution < -0.4 is 11.1 Å². The first-order valence-electron chi connectivity index (χ1n) is 7.09. The lowest BCUT2D eigenvalue weighted by atomic mass is 9.98. The number of imidazole rings is 1. The predicted molar refractivity (Wildman–Crippen MR) is 87.4 cm³/mol. The molecule has 0 bridgehead atoms. The van der Waals surface area contributed by atoms with Crippen molar-refractivity contribution in [3.63, 3.8) is 0 Å². The van der Waals surface area contributed by atoms with Gasteiger partial charge in [-0.2, -0.15) is 0 Å². The van der Waals surface area contributed by atoms with Gasteiger partial charge in [-0.05, 0) is 44.5 Å². The van der Waals surface area contributed by atoms with Gasteiger partial charge in [0.1, 0.15) is 0 Å². The molecule has 0 radical (unpaired) electrons. The molecule has 1 aromatic carbocycles. The number of nitrogens with zero attached hydrogens (tertiary/aromatic N) is 1. The number of likely N-dealkylation sites (N-methyl/N-ethyl adjacent to an activating group) is 1. The zero-order valence-corrected chi connectivity index (χ0v) is 13.5. The van der Waals surface area contributed by atoms with Crippen molar-refractivity contribution >= 4 is 28.7 Å². The minimum absolute atomic E-state index is 0.315. The third-order valence-electron chi connectivity index (χ3n) is 3.57. The molecule has 4 N–H and O–H groups in total. The number of H-pyrrole nitrogens is 1. The standard InChI is InChI=1S/C15H22N4OS/c1-4-17-15(3,13(16)20)7-8-21-14-18-11-6-5-10(2)9-12(11)19-14/h5-6,9,17H,4,7-8H2,1-3H3,(H2,16,20)(H,18,19). The number of carbonyl (C=O) groups excluding carboxylic acids is 1. The molecule has 1 amide bonds. The molecule has 1 unspecified atom stereocenters. The van der Waals surface area contributed by atoms with E-state index in [2.05, 4.69) is 28.3 Å². The number of nitrogens with two attached hydrogens (primary N) is 1. The van der Waals surface area contributed by atoms with Crippen molar-refractivity contribution in [1.82, 2.24) is 15.3 Å². The highest BCUT2D eigenvalue weighted by Crippen LogP contribution is 2.23. The molecule has 0 spiro atoms. The van der Waals surface area contributed by atoms with E-state index in [9.17, 15) is 4.79 Å². The van der Waals surface area contributed by atoms with E-state index >= 15 is 0 Å². The molecule has 0 saturated heterocycles. The summed E-state index contributed by atoms with van der Waals surface area (Å²) in [6.07, 6.45) is 0.664. The van der Waals surface area contributed by atoms with Crippen molar-refractivity contribution in [3.8, 4) is 0 Å². The number of rotatable bonds is 7. The van der Waals surface area contributed by atoms with Gasteiger partial charge < -0.3 is 16.0 Å². The van der Waals surface area contributed by atoms with Gasteiger partial charge in [-0.15, -0.1) is 0 Å². The van der Waals surface area contributed by atoms with Crippen LogP contribution in [0.1, 0.15) is 25.8 Å². The number of benzene rings is 1. The molecular weight excluding hydrogens is 284 g/mol. The van der Waals surface area contributed by atoms with E-state index in [0.29, 0.717) is 13.0 Å². The molecule has 2 rings (SSSR count). The van der Waals surface area contributed by atoms with Crippen molar-refractivity contribution in [2.24, 2.45) is 5.73 Å². The number of hydrogen-bond acceptors (Lipinski definition) is 4. The van der Waals surface area contributed by atoms with Crippen LogP contribution in [-0.2, 0) is 4.79 Å². The fraction of sp³-hybridized carbons (Fsp3) is 0.467. The van der Waals surface area contributed by atoms with Crippen molar-refractivity contribution in [3.05, 3.63) is 23.8 Å². The van der Waals surface area contributed by atoms with Gasteiger partial charge >= 0.3 is 0 Å². The Kier molecular flexibility index (Phi) is 4.90. The third-order valence-corrected chi connectivity index (χ3v) is 4.44. The number of thioether (sulfide) groups is 1. The monoisotopic (exact) mass is 306 g/mol. The second-order valence-electron chi connectivity index (χ2n) is 5.39. The van der Waals surface area contributed by atoms with Crippen molar-refractivity contribution in [2.45, 2.75) is 37.9 Å². The number of aromatic amines is 1. The highest BCUT2D eigenvalue weighted by atomic mass is 32.2. The molecule has 0 aliphatic heterocycles. The number of hydrogen-bond donors (Lipinski definition) is 3. The molecule has 5 nitrogen and oxygen atoms in total. The normalized spacial score (nSPS) is 14.2. The quantitative estimate of drug-likeness (QED) is 0.685. The second-order valence-corrected chi connectivity index (χ2v) is 6.47. The number of primary amides is 1. The van der Waals surface area contributed by atoms with Crippen LogP contribution in [0.15, 0.2) is 23.4 Å². The number of aryl methyl sites for hydroxylation is 1. The van der Waals surface area contributed by atoms with Gasteiger partial charge in [0.15, 0.2) is 5.16 Å². The first-order valence-corrected chi connectivity index (χ1v) is 8.07. The predicted octanol–water partition coefficient (Wildman–Crippen LogP) is 2.21. The smallest absolute Gasteiger partial charge is 0.237 e. The second kappa shape index (κ2) is 6.49. The fourth-order valence-electron chi connectivity index (χ4n) is 2.21. The molecule has 1 heterocycles. The third kappa shape index (κ3) is 3.77. The molecule has 2 aromatic rings. The SMILES string of the molecule is CCNC(C)(CCSc1nc2ccc(C)cc2[nH]1)C(N)=O. The average Bonchev–Trinajstić information content (AvgIpc) is 2.80.